The minimum Gasteiger partial charge on any atom is -0.462 e. The van der Waals surface area contributed by atoms with E-state index in [0.29, 0.717) is 36.6 Å². The Kier molecular flexibility index (Phi) is 7.89. The second-order valence-electron chi connectivity index (χ2n) is 8.35. The lowest BCUT2D eigenvalue weighted by Crippen LogP contribution is -2.47. The van der Waals surface area contributed by atoms with Gasteiger partial charge in [-0.05, 0) is 37.8 Å². The molecule has 2 atom stereocenters. The predicted molar refractivity (Wildman–Crippen MR) is 126 cm³/mol. The number of hydrogen-bond acceptors (Lipinski definition) is 8. The van der Waals surface area contributed by atoms with Gasteiger partial charge in [0.2, 0.25) is 15.9 Å². The number of sulfonamides is 1. The largest absolute Gasteiger partial charge is 0.462 e. The van der Waals surface area contributed by atoms with Crippen LogP contribution in [0.4, 0.5) is 5.82 Å². The molecule has 0 bridgehead atoms. The van der Waals surface area contributed by atoms with Crippen molar-refractivity contribution in [2.24, 2.45) is 11.8 Å². The molecule has 10 heteroatoms. The van der Waals surface area contributed by atoms with Crippen LogP contribution >= 0.6 is 0 Å². The van der Waals surface area contributed by atoms with Gasteiger partial charge in [0.05, 0.1) is 29.2 Å². The smallest absolute Gasteiger partial charge is 0.340 e. The monoisotopic (exact) mass is 484 g/mol. The number of aromatic nitrogens is 1. The number of benzene rings is 1. The fourth-order valence-corrected chi connectivity index (χ4v) is 5.28. The first-order chi connectivity index (χ1) is 16.1. The highest BCUT2D eigenvalue weighted by Gasteiger charge is 2.34. The summed E-state index contributed by atoms with van der Waals surface area (Å²) in [6, 6.07) is 12.2. The Morgan fingerprint density at radius 2 is 2.00 bits per heavy atom. The SMILES string of the molecule is CCOC(=O)c1cc(C#N)c(N2CCC(C(=O)NS(=O)(=O)Cc3ccccc3)C(C)C2)nc1C. The Morgan fingerprint density at radius 3 is 2.62 bits per heavy atom. The van der Waals surface area contributed by atoms with Gasteiger partial charge < -0.3 is 9.64 Å². The molecular formula is C24H28N4O5S. The number of aryl methyl sites for hydroxylation is 1. The number of ether oxygens (including phenoxy) is 1. The summed E-state index contributed by atoms with van der Waals surface area (Å²) in [6.45, 7) is 6.30. The van der Waals surface area contributed by atoms with Crippen molar-refractivity contribution in [3.63, 3.8) is 0 Å². The number of rotatable bonds is 7. The Bertz CT molecular complexity index is 1210. The van der Waals surface area contributed by atoms with Gasteiger partial charge in [0.15, 0.2) is 0 Å². The van der Waals surface area contributed by atoms with Gasteiger partial charge >= 0.3 is 5.97 Å². The average Bonchev–Trinajstić information content (AvgIpc) is 2.78. The van der Waals surface area contributed by atoms with Crippen LogP contribution in [0.25, 0.3) is 0 Å². The van der Waals surface area contributed by atoms with E-state index in [0.717, 1.165) is 0 Å². The molecule has 1 aromatic carbocycles. The lowest BCUT2D eigenvalue weighted by atomic mass is 9.86. The summed E-state index contributed by atoms with van der Waals surface area (Å²) < 4.78 is 32.2. The van der Waals surface area contributed by atoms with Crippen LogP contribution < -0.4 is 9.62 Å². The summed E-state index contributed by atoms with van der Waals surface area (Å²) in [4.78, 5) is 31.3. The molecule has 1 amide bonds. The summed E-state index contributed by atoms with van der Waals surface area (Å²) in [5.41, 5.74) is 1.54. The molecule has 34 heavy (non-hydrogen) atoms. The molecule has 0 spiro atoms. The van der Waals surface area contributed by atoms with Gasteiger partial charge in [0.25, 0.3) is 0 Å². The fraction of sp³-hybridized carbons (Fsp3) is 0.417. The Hall–Kier alpha value is -3.45. The Labute approximate surface area is 199 Å². The highest BCUT2D eigenvalue weighted by atomic mass is 32.2. The van der Waals surface area contributed by atoms with Gasteiger partial charge in [-0.25, -0.2) is 18.2 Å². The molecule has 2 heterocycles. The Balaban J connectivity index is 1.70. The van der Waals surface area contributed by atoms with E-state index >= 15 is 0 Å². The van der Waals surface area contributed by atoms with Crippen LogP contribution in [0.3, 0.4) is 0 Å². The second kappa shape index (κ2) is 10.7. The number of esters is 1. The summed E-state index contributed by atoms with van der Waals surface area (Å²) in [5.74, 6) is -1.56. The second-order valence-corrected chi connectivity index (χ2v) is 10.1. The van der Waals surface area contributed by atoms with Crippen molar-refractivity contribution < 1.29 is 22.7 Å². The third-order valence-corrected chi connectivity index (χ3v) is 7.03. The zero-order chi connectivity index (χ0) is 24.9. The quantitative estimate of drug-likeness (QED) is 0.594. The first-order valence-electron chi connectivity index (χ1n) is 11.1. The zero-order valence-corrected chi connectivity index (χ0v) is 20.3. The number of hydrogen-bond donors (Lipinski definition) is 1. The Morgan fingerprint density at radius 1 is 1.29 bits per heavy atom. The highest BCUT2D eigenvalue weighted by Crippen LogP contribution is 2.30. The van der Waals surface area contributed by atoms with Crippen molar-refractivity contribution in [3.05, 3.63) is 58.8 Å². The van der Waals surface area contributed by atoms with Crippen LogP contribution in [0.2, 0.25) is 0 Å². The van der Waals surface area contributed by atoms with Crippen LogP contribution in [0.5, 0.6) is 0 Å². The number of nitrogens with one attached hydrogen (secondary N) is 1. The van der Waals surface area contributed by atoms with Crippen molar-refractivity contribution in [2.45, 2.75) is 32.9 Å². The van der Waals surface area contributed by atoms with E-state index in [-0.39, 0.29) is 29.4 Å². The summed E-state index contributed by atoms with van der Waals surface area (Å²) in [6.07, 6.45) is 0.402. The molecule has 2 unspecified atom stereocenters. The molecule has 1 saturated heterocycles. The minimum absolute atomic E-state index is 0.181. The summed E-state index contributed by atoms with van der Waals surface area (Å²) in [7, 11) is -3.82. The molecule has 0 radical (unpaired) electrons. The van der Waals surface area contributed by atoms with E-state index in [1.165, 1.54) is 6.07 Å². The number of anilines is 1. The highest BCUT2D eigenvalue weighted by molar-refractivity contribution is 7.89. The average molecular weight is 485 g/mol. The van der Waals surface area contributed by atoms with Crippen molar-refractivity contribution in [3.8, 4) is 6.07 Å². The van der Waals surface area contributed by atoms with Gasteiger partial charge in [0.1, 0.15) is 11.9 Å². The lowest BCUT2D eigenvalue weighted by molar-refractivity contribution is -0.125. The number of pyridine rings is 1. The first-order valence-corrected chi connectivity index (χ1v) is 12.7. The van der Waals surface area contributed by atoms with Crippen molar-refractivity contribution >= 4 is 27.7 Å². The normalized spacial score (nSPS) is 18.1. The van der Waals surface area contributed by atoms with Crippen molar-refractivity contribution in [1.29, 1.82) is 5.26 Å². The predicted octanol–water partition coefficient (Wildman–Crippen LogP) is 2.55. The first kappa shape index (κ1) is 25.2. The van der Waals surface area contributed by atoms with Gasteiger partial charge in [0, 0.05) is 19.0 Å². The van der Waals surface area contributed by atoms with Crippen LogP contribution in [-0.2, 0) is 25.3 Å². The molecule has 1 N–H and O–H groups in total. The van der Waals surface area contributed by atoms with E-state index in [2.05, 4.69) is 15.8 Å². The van der Waals surface area contributed by atoms with Gasteiger partial charge in [-0.15, -0.1) is 0 Å². The molecular weight excluding hydrogens is 456 g/mol. The van der Waals surface area contributed by atoms with Gasteiger partial charge in [-0.3, -0.25) is 9.52 Å². The fourth-order valence-electron chi connectivity index (χ4n) is 4.12. The molecule has 1 aliphatic rings. The topological polar surface area (TPSA) is 129 Å². The lowest BCUT2D eigenvalue weighted by Gasteiger charge is -2.37. The van der Waals surface area contributed by atoms with Crippen LogP contribution in [-0.4, -0.2) is 45.0 Å². The van der Waals surface area contributed by atoms with E-state index in [9.17, 15) is 23.3 Å². The van der Waals surface area contributed by atoms with Crippen molar-refractivity contribution in [2.75, 3.05) is 24.6 Å². The number of carbonyl (C=O) groups excluding carboxylic acids is 2. The number of piperidine rings is 1. The summed E-state index contributed by atoms with van der Waals surface area (Å²) >= 11 is 0. The maximum atomic E-state index is 12.8. The number of amides is 1. The van der Waals surface area contributed by atoms with Crippen molar-refractivity contribution in [1.82, 2.24) is 9.71 Å². The number of carbonyl (C=O) groups is 2. The standard InChI is InChI=1S/C24H28N4O5S/c1-4-33-24(30)21-12-19(13-25)22(26-17(21)3)28-11-10-20(16(2)14-28)23(29)27-34(31,32)15-18-8-6-5-7-9-18/h5-9,12,16,20H,4,10-11,14-15H2,1-3H3,(H,27,29). The molecule has 180 valence electrons. The maximum Gasteiger partial charge on any atom is 0.340 e. The molecule has 9 nitrogen and oxygen atoms in total. The van der Waals surface area contributed by atoms with E-state index in [1.807, 2.05) is 11.8 Å². The zero-order valence-electron chi connectivity index (χ0n) is 19.4. The molecule has 2 aromatic rings. The third kappa shape index (κ3) is 5.91. The molecule has 0 aliphatic carbocycles. The molecule has 1 fully saturated rings. The van der Waals surface area contributed by atoms with E-state index < -0.39 is 27.8 Å². The van der Waals surface area contributed by atoms with E-state index in [4.69, 9.17) is 4.74 Å². The van der Waals surface area contributed by atoms with Gasteiger partial charge in [-0.2, -0.15) is 5.26 Å². The molecule has 1 aromatic heterocycles. The van der Waals surface area contributed by atoms with Crippen LogP contribution in [0, 0.1) is 30.1 Å². The summed E-state index contributed by atoms with van der Waals surface area (Å²) in [5, 5.41) is 9.63. The van der Waals surface area contributed by atoms with Gasteiger partial charge in [-0.1, -0.05) is 37.3 Å². The minimum atomic E-state index is -3.82. The maximum absolute atomic E-state index is 12.8. The molecule has 1 aliphatic heterocycles. The van der Waals surface area contributed by atoms with E-state index in [1.54, 1.807) is 44.2 Å². The van der Waals surface area contributed by atoms with Crippen LogP contribution in [0.1, 0.15) is 47.4 Å². The molecule has 3 rings (SSSR count). The molecule has 0 saturated carbocycles. The van der Waals surface area contributed by atoms with Crippen LogP contribution in [0.15, 0.2) is 36.4 Å². The number of nitrogens with zero attached hydrogens (tertiary/aromatic N) is 3. The third-order valence-electron chi connectivity index (χ3n) is 5.81. The number of nitriles is 1.